The number of nitrogens with one attached hydrogen (secondary N) is 1. The van der Waals surface area contributed by atoms with Gasteiger partial charge in [-0.15, -0.1) is 0 Å². The fraction of sp³-hybridized carbons (Fsp3) is 0.692. The second-order valence-electron chi connectivity index (χ2n) is 5.96. The van der Waals surface area contributed by atoms with E-state index in [1.54, 1.807) is 0 Å². The van der Waals surface area contributed by atoms with Crippen molar-refractivity contribution in [2.75, 3.05) is 0 Å². The van der Waals surface area contributed by atoms with Crippen LogP contribution in [0.5, 0.6) is 0 Å². The highest BCUT2D eigenvalue weighted by Gasteiger charge is 2.31. The lowest BCUT2D eigenvalue weighted by molar-refractivity contribution is 0.211. The predicted octanol–water partition coefficient (Wildman–Crippen LogP) is 2.02. The molecule has 5 nitrogen and oxygen atoms in total. The highest BCUT2D eigenvalue weighted by atomic mass is 32.2. The van der Waals surface area contributed by atoms with E-state index in [-0.39, 0.29) is 28.9 Å². The normalized spacial score (nSPS) is 23.4. The molecule has 1 aromatic rings. The summed E-state index contributed by atoms with van der Waals surface area (Å²) >= 11 is 0. The standard InChI is InChI=1S/C13H21NO4S/c1-13(2)7-3-4-10(8-13)14-19(16,17)12-6-5-11(9-15)18-12/h5-6,10,14-15H,3-4,7-9H2,1-2H3. The minimum absolute atomic E-state index is 0.0450. The van der Waals surface area contributed by atoms with Gasteiger partial charge in [-0.1, -0.05) is 20.3 Å². The molecule has 1 fully saturated rings. The Morgan fingerprint density at radius 3 is 2.79 bits per heavy atom. The summed E-state index contributed by atoms with van der Waals surface area (Å²) in [5.74, 6) is 0.254. The fourth-order valence-corrected chi connectivity index (χ4v) is 3.88. The summed E-state index contributed by atoms with van der Waals surface area (Å²) < 4.78 is 32.1. The van der Waals surface area contributed by atoms with Crippen LogP contribution in [0.25, 0.3) is 0 Å². The SMILES string of the molecule is CC1(C)CCCC(NS(=O)(=O)c2ccc(CO)o2)C1. The number of hydrogen-bond donors (Lipinski definition) is 2. The van der Waals surface area contributed by atoms with Gasteiger partial charge in [-0.3, -0.25) is 0 Å². The van der Waals surface area contributed by atoms with E-state index in [9.17, 15) is 8.42 Å². The number of furan rings is 1. The Balaban J connectivity index is 2.09. The Morgan fingerprint density at radius 2 is 2.21 bits per heavy atom. The maximum absolute atomic E-state index is 12.2. The zero-order chi connectivity index (χ0) is 14.1. The van der Waals surface area contributed by atoms with Crippen LogP contribution in [0.15, 0.2) is 21.6 Å². The van der Waals surface area contributed by atoms with E-state index in [4.69, 9.17) is 9.52 Å². The quantitative estimate of drug-likeness (QED) is 0.888. The van der Waals surface area contributed by atoms with Crippen LogP contribution in [-0.4, -0.2) is 19.6 Å². The van der Waals surface area contributed by atoms with Crippen LogP contribution in [-0.2, 0) is 16.6 Å². The van der Waals surface area contributed by atoms with Crippen LogP contribution in [0.3, 0.4) is 0 Å². The first kappa shape index (κ1) is 14.6. The average Bonchev–Trinajstić information content (AvgIpc) is 2.76. The van der Waals surface area contributed by atoms with Crippen molar-refractivity contribution in [3.05, 3.63) is 17.9 Å². The first-order valence-electron chi connectivity index (χ1n) is 6.54. The summed E-state index contributed by atoms with van der Waals surface area (Å²) in [7, 11) is -3.63. The summed E-state index contributed by atoms with van der Waals surface area (Å²) in [6, 6.07) is 2.80. The van der Waals surface area contributed by atoms with Gasteiger partial charge in [-0.05, 0) is 36.8 Å². The first-order valence-corrected chi connectivity index (χ1v) is 8.03. The van der Waals surface area contributed by atoms with E-state index in [1.807, 2.05) is 0 Å². The van der Waals surface area contributed by atoms with E-state index < -0.39 is 10.0 Å². The van der Waals surface area contributed by atoms with Gasteiger partial charge < -0.3 is 9.52 Å². The van der Waals surface area contributed by atoms with Crippen molar-refractivity contribution in [2.24, 2.45) is 5.41 Å². The minimum atomic E-state index is -3.63. The van der Waals surface area contributed by atoms with Gasteiger partial charge in [0.25, 0.3) is 10.0 Å². The number of aliphatic hydroxyl groups excluding tert-OH is 1. The summed E-state index contributed by atoms with van der Waals surface area (Å²) in [4.78, 5) is 0. The molecule has 1 aromatic heterocycles. The smallest absolute Gasteiger partial charge is 0.274 e. The molecule has 0 aromatic carbocycles. The molecule has 0 saturated heterocycles. The number of sulfonamides is 1. The highest BCUT2D eigenvalue weighted by Crippen LogP contribution is 2.35. The molecular formula is C13H21NO4S. The van der Waals surface area contributed by atoms with Gasteiger partial charge in [0.15, 0.2) is 0 Å². The van der Waals surface area contributed by atoms with E-state index in [2.05, 4.69) is 18.6 Å². The third-order valence-corrected chi connectivity index (χ3v) is 4.98. The molecule has 1 aliphatic rings. The lowest BCUT2D eigenvalue weighted by Gasteiger charge is -2.35. The zero-order valence-electron chi connectivity index (χ0n) is 11.3. The summed E-state index contributed by atoms with van der Waals surface area (Å²) in [6.07, 6.45) is 3.84. The molecule has 1 heterocycles. The van der Waals surface area contributed by atoms with Gasteiger partial charge in [0.1, 0.15) is 12.4 Å². The highest BCUT2D eigenvalue weighted by molar-refractivity contribution is 7.89. The van der Waals surface area contributed by atoms with E-state index in [0.29, 0.717) is 0 Å². The molecule has 1 saturated carbocycles. The van der Waals surface area contributed by atoms with Gasteiger partial charge >= 0.3 is 0 Å². The Bertz CT molecular complexity index is 533. The van der Waals surface area contributed by atoms with Gasteiger partial charge in [-0.2, -0.15) is 0 Å². The van der Waals surface area contributed by atoms with Crippen molar-refractivity contribution in [1.29, 1.82) is 0 Å². The van der Waals surface area contributed by atoms with Crippen molar-refractivity contribution in [2.45, 2.75) is 57.3 Å². The van der Waals surface area contributed by atoms with Crippen molar-refractivity contribution < 1.29 is 17.9 Å². The summed E-state index contributed by atoms with van der Waals surface area (Å²) in [5.41, 5.74) is 0.171. The molecule has 2 rings (SSSR count). The molecule has 0 aliphatic heterocycles. The van der Waals surface area contributed by atoms with Gasteiger partial charge in [-0.25, -0.2) is 13.1 Å². The van der Waals surface area contributed by atoms with Crippen LogP contribution in [0.2, 0.25) is 0 Å². The van der Waals surface area contributed by atoms with Crippen LogP contribution < -0.4 is 4.72 Å². The lowest BCUT2D eigenvalue weighted by Crippen LogP contribution is -2.40. The maximum Gasteiger partial charge on any atom is 0.274 e. The monoisotopic (exact) mass is 287 g/mol. The Morgan fingerprint density at radius 1 is 1.47 bits per heavy atom. The van der Waals surface area contributed by atoms with Crippen LogP contribution >= 0.6 is 0 Å². The molecular weight excluding hydrogens is 266 g/mol. The van der Waals surface area contributed by atoms with Crippen LogP contribution in [0.4, 0.5) is 0 Å². The van der Waals surface area contributed by atoms with E-state index in [0.717, 1.165) is 25.7 Å². The Labute approximate surface area is 114 Å². The number of hydrogen-bond acceptors (Lipinski definition) is 4. The Hall–Kier alpha value is -0.850. The second kappa shape index (κ2) is 5.26. The molecule has 1 unspecified atom stereocenters. The molecule has 0 radical (unpaired) electrons. The fourth-order valence-electron chi connectivity index (χ4n) is 2.66. The third kappa shape index (κ3) is 3.58. The third-order valence-electron chi connectivity index (χ3n) is 3.58. The topological polar surface area (TPSA) is 79.5 Å². The van der Waals surface area contributed by atoms with Crippen molar-refractivity contribution in [3.63, 3.8) is 0 Å². The van der Waals surface area contributed by atoms with E-state index in [1.165, 1.54) is 12.1 Å². The van der Waals surface area contributed by atoms with Crippen LogP contribution in [0, 0.1) is 5.41 Å². The van der Waals surface area contributed by atoms with Crippen LogP contribution in [0.1, 0.15) is 45.3 Å². The van der Waals surface area contributed by atoms with Gasteiger partial charge in [0.05, 0.1) is 0 Å². The largest absolute Gasteiger partial charge is 0.446 e. The lowest BCUT2D eigenvalue weighted by atomic mass is 9.75. The molecule has 2 N–H and O–H groups in total. The van der Waals surface area contributed by atoms with Crippen molar-refractivity contribution in [3.8, 4) is 0 Å². The first-order chi connectivity index (χ1) is 8.82. The Kier molecular flexibility index (Phi) is 4.03. The second-order valence-corrected chi connectivity index (χ2v) is 7.60. The number of rotatable bonds is 4. The summed E-state index contributed by atoms with van der Waals surface area (Å²) in [5, 5.41) is 8.77. The molecule has 19 heavy (non-hydrogen) atoms. The molecule has 1 atom stereocenters. The summed E-state index contributed by atoms with van der Waals surface area (Å²) in [6.45, 7) is 4.01. The molecule has 1 aliphatic carbocycles. The van der Waals surface area contributed by atoms with E-state index >= 15 is 0 Å². The molecule has 0 spiro atoms. The minimum Gasteiger partial charge on any atom is -0.446 e. The molecule has 6 heteroatoms. The maximum atomic E-state index is 12.2. The molecule has 0 amide bonds. The van der Waals surface area contributed by atoms with Crippen molar-refractivity contribution >= 4 is 10.0 Å². The predicted molar refractivity (Wildman–Crippen MR) is 71.0 cm³/mol. The molecule has 108 valence electrons. The average molecular weight is 287 g/mol. The van der Waals surface area contributed by atoms with Crippen molar-refractivity contribution in [1.82, 2.24) is 4.72 Å². The van der Waals surface area contributed by atoms with Gasteiger partial charge in [0, 0.05) is 6.04 Å². The number of aliphatic hydroxyl groups is 1. The molecule has 0 bridgehead atoms. The zero-order valence-corrected chi connectivity index (χ0v) is 12.2. The van der Waals surface area contributed by atoms with Gasteiger partial charge in [0.2, 0.25) is 5.09 Å².